The van der Waals surface area contributed by atoms with Crippen molar-refractivity contribution in [3.63, 3.8) is 0 Å². The summed E-state index contributed by atoms with van der Waals surface area (Å²) in [5, 5.41) is 5.88. The lowest BCUT2D eigenvalue weighted by atomic mass is 10.1. The van der Waals surface area contributed by atoms with Crippen LogP contribution in [0, 0.1) is 0 Å². The van der Waals surface area contributed by atoms with E-state index in [1.807, 2.05) is 12.1 Å². The molecule has 0 radical (unpaired) electrons. The lowest BCUT2D eigenvalue weighted by molar-refractivity contribution is -0.119. The van der Waals surface area contributed by atoms with Crippen LogP contribution in [0.3, 0.4) is 0 Å². The number of carbonyl (C=O) groups is 2. The van der Waals surface area contributed by atoms with Crippen LogP contribution in [-0.4, -0.2) is 39.2 Å². The third-order valence-corrected chi connectivity index (χ3v) is 4.01. The minimum atomic E-state index is -0.563. The van der Waals surface area contributed by atoms with E-state index < -0.39 is 18.5 Å². The highest BCUT2D eigenvalue weighted by molar-refractivity contribution is 5.99. The molecule has 0 aliphatic heterocycles. The van der Waals surface area contributed by atoms with Crippen LogP contribution < -0.4 is 20.1 Å². The van der Waals surface area contributed by atoms with Crippen molar-refractivity contribution >= 4 is 23.3 Å². The first-order chi connectivity index (χ1) is 13.6. The maximum absolute atomic E-state index is 12.4. The highest BCUT2D eigenvalue weighted by Gasteiger charge is 2.15. The number of ether oxygens (including phenoxy) is 3. The van der Waals surface area contributed by atoms with Gasteiger partial charge in [-0.05, 0) is 30.7 Å². The van der Waals surface area contributed by atoms with E-state index in [4.69, 9.17) is 14.2 Å². The molecule has 0 spiro atoms. The Hall–Kier alpha value is -3.22. The summed E-state index contributed by atoms with van der Waals surface area (Å²) in [4.78, 5) is 24.6. The smallest absolute Gasteiger partial charge is 0.340 e. The second-order valence-electron chi connectivity index (χ2n) is 6.02. The molecule has 0 bridgehead atoms. The Morgan fingerprint density at radius 1 is 1.00 bits per heavy atom. The zero-order valence-corrected chi connectivity index (χ0v) is 16.4. The minimum absolute atomic E-state index is 0.394. The molecule has 7 nitrogen and oxygen atoms in total. The molecule has 1 amide bonds. The molecule has 0 aliphatic carbocycles. The number of anilines is 2. The predicted molar refractivity (Wildman–Crippen MR) is 108 cm³/mol. The average Bonchev–Trinajstić information content (AvgIpc) is 2.72. The first-order valence-corrected chi connectivity index (χ1v) is 9.11. The predicted octanol–water partition coefficient (Wildman–Crippen LogP) is 3.71. The van der Waals surface area contributed by atoms with Crippen molar-refractivity contribution in [1.29, 1.82) is 0 Å². The van der Waals surface area contributed by atoms with Gasteiger partial charge in [-0.3, -0.25) is 4.79 Å². The summed E-state index contributed by atoms with van der Waals surface area (Å²) in [6.45, 7) is 2.44. The van der Waals surface area contributed by atoms with Crippen molar-refractivity contribution in [2.24, 2.45) is 0 Å². The van der Waals surface area contributed by atoms with Crippen molar-refractivity contribution < 1.29 is 23.8 Å². The van der Waals surface area contributed by atoms with Gasteiger partial charge >= 0.3 is 5.97 Å². The number of methoxy groups -OCH3 is 2. The first-order valence-electron chi connectivity index (χ1n) is 9.11. The third kappa shape index (κ3) is 5.90. The molecule has 2 aromatic rings. The molecular weight excluding hydrogens is 360 g/mol. The van der Waals surface area contributed by atoms with Crippen LogP contribution in [0.2, 0.25) is 0 Å². The number of carbonyl (C=O) groups excluding carboxylic acids is 2. The van der Waals surface area contributed by atoms with E-state index in [1.165, 1.54) is 14.2 Å². The fourth-order valence-electron chi connectivity index (χ4n) is 2.52. The van der Waals surface area contributed by atoms with Crippen LogP contribution in [0.15, 0.2) is 42.5 Å². The Kier molecular flexibility index (Phi) is 8.14. The molecule has 0 fully saturated rings. The molecule has 0 aliphatic rings. The number of hydrogen-bond donors (Lipinski definition) is 2. The van der Waals surface area contributed by atoms with Crippen LogP contribution in [0.1, 0.15) is 30.1 Å². The molecule has 2 N–H and O–H groups in total. The zero-order valence-electron chi connectivity index (χ0n) is 16.4. The molecule has 0 heterocycles. The summed E-state index contributed by atoms with van der Waals surface area (Å²) < 4.78 is 15.5. The van der Waals surface area contributed by atoms with Gasteiger partial charge in [0.2, 0.25) is 0 Å². The summed E-state index contributed by atoms with van der Waals surface area (Å²) in [6.07, 6.45) is 2.04. The van der Waals surface area contributed by atoms with Crippen molar-refractivity contribution in [2.45, 2.75) is 19.8 Å². The molecule has 150 valence electrons. The topological polar surface area (TPSA) is 85.9 Å². The quantitative estimate of drug-likeness (QED) is 0.478. The molecule has 0 unspecified atom stereocenters. The van der Waals surface area contributed by atoms with E-state index in [1.54, 1.807) is 30.3 Å². The number of rotatable bonds is 10. The van der Waals surface area contributed by atoms with Crippen LogP contribution in [0.25, 0.3) is 0 Å². The molecule has 0 atom stereocenters. The number of hydrogen-bond acceptors (Lipinski definition) is 6. The molecule has 7 heteroatoms. The maximum Gasteiger partial charge on any atom is 0.340 e. The number of esters is 1. The van der Waals surface area contributed by atoms with Crippen LogP contribution >= 0.6 is 0 Å². The molecule has 0 saturated heterocycles. The van der Waals surface area contributed by atoms with E-state index in [0.717, 1.165) is 19.4 Å². The number of nitrogens with one attached hydrogen (secondary N) is 2. The fourth-order valence-corrected chi connectivity index (χ4v) is 2.52. The highest BCUT2D eigenvalue weighted by atomic mass is 16.5. The molecule has 28 heavy (non-hydrogen) atoms. The van der Waals surface area contributed by atoms with Gasteiger partial charge in [0.15, 0.2) is 6.61 Å². The summed E-state index contributed by atoms with van der Waals surface area (Å²) in [7, 11) is 3.03. The van der Waals surface area contributed by atoms with Gasteiger partial charge in [-0.2, -0.15) is 0 Å². The molecule has 0 aromatic heterocycles. The van der Waals surface area contributed by atoms with E-state index in [2.05, 4.69) is 17.6 Å². The van der Waals surface area contributed by atoms with Crippen LogP contribution in [0.4, 0.5) is 11.4 Å². The summed E-state index contributed by atoms with van der Waals surface area (Å²) >= 11 is 0. The van der Waals surface area contributed by atoms with Gasteiger partial charge in [0.05, 0.1) is 25.5 Å². The Morgan fingerprint density at radius 2 is 1.79 bits per heavy atom. The van der Waals surface area contributed by atoms with Gasteiger partial charge in [0, 0.05) is 18.3 Å². The lowest BCUT2D eigenvalue weighted by Crippen LogP contribution is -2.21. The van der Waals surface area contributed by atoms with Crippen LogP contribution in [0.5, 0.6) is 11.5 Å². The lowest BCUT2D eigenvalue weighted by Gasteiger charge is -2.13. The van der Waals surface area contributed by atoms with Gasteiger partial charge in [-0.25, -0.2) is 4.79 Å². The maximum atomic E-state index is 12.4. The van der Waals surface area contributed by atoms with E-state index in [-0.39, 0.29) is 0 Å². The van der Waals surface area contributed by atoms with Gasteiger partial charge in [-0.15, -0.1) is 0 Å². The normalized spacial score (nSPS) is 10.1. The Morgan fingerprint density at radius 3 is 2.50 bits per heavy atom. The monoisotopic (exact) mass is 386 g/mol. The fraction of sp³-hybridized carbons (Fsp3) is 0.333. The van der Waals surface area contributed by atoms with E-state index in [0.29, 0.717) is 28.4 Å². The van der Waals surface area contributed by atoms with Crippen molar-refractivity contribution in [1.82, 2.24) is 0 Å². The highest BCUT2D eigenvalue weighted by Crippen LogP contribution is 2.28. The average molecular weight is 386 g/mol. The van der Waals surface area contributed by atoms with E-state index >= 15 is 0 Å². The first kappa shape index (κ1) is 21.1. The van der Waals surface area contributed by atoms with Crippen molar-refractivity contribution in [3.05, 3.63) is 48.0 Å². The Bertz CT molecular complexity index is 807. The SMILES string of the molecule is CCCCNc1ccccc1C(=O)OCC(=O)Nc1cc(OC)ccc1OC. The van der Waals surface area contributed by atoms with Gasteiger partial charge in [-0.1, -0.05) is 25.5 Å². The van der Waals surface area contributed by atoms with Crippen LogP contribution in [-0.2, 0) is 9.53 Å². The number of unbranched alkanes of at least 4 members (excludes halogenated alkanes) is 1. The largest absolute Gasteiger partial charge is 0.497 e. The number of para-hydroxylation sites is 1. The zero-order chi connectivity index (χ0) is 20.4. The van der Waals surface area contributed by atoms with Gasteiger partial charge in [0.25, 0.3) is 5.91 Å². The molecule has 2 aromatic carbocycles. The summed E-state index contributed by atoms with van der Waals surface area (Å²) in [6, 6.07) is 12.1. The minimum Gasteiger partial charge on any atom is -0.497 e. The molecule has 2 rings (SSSR count). The second kappa shape index (κ2) is 10.8. The van der Waals surface area contributed by atoms with Gasteiger partial charge in [0.1, 0.15) is 11.5 Å². The summed E-state index contributed by atoms with van der Waals surface area (Å²) in [5.74, 6) is 0.00908. The number of amides is 1. The van der Waals surface area contributed by atoms with Crippen molar-refractivity contribution in [3.8, 4) is 11.5 Å². The molecule has 0 saturated carbocycles. The summed E-state index contributed by atoms with van der Waals surface area (Å²) in [5.41, 5.74) is 1.52. The molecular formula is C21H26N2O5. The standard InChI is InChI=1S/C21H26N2O5/c1-4-5-12-22-17-9-7-6-8-16(17)21(25)28-14-20(24)23-18-13-15(26-2)10-11-19(18)27-3/h6-11,13,22H,4-5,12,14H2,1-3H3,(H,23,24). The third-order valence-electron chi connectivity index (χ3n) is 4.01. The van der Waals surface area contributed by atoms with Crippen molar-refractivity contribution in [2.75, 3.05) is 38.0 Å². The van der Waals surface area contributed by atoms with Gasteiger partial charge < -0.3 is 24.8 Å². The van der Waals surface area contributed by atoms with E-state index in [9.17, 15) is 9.59 Å². The Labute approximate surface area is 165 Å². The number of benzene rings is 2. The second-order valence-corrected chi connectivity index (χ2v) is 6.02. The Balaban J connectivity index is 1.97.